The van der Waals surface area contributed by atoms with E-state index in [1.54, 1.807) is 0 Å². The number of hydrogen-bond acceptors (Lipinski definition) is 1. The minimum absolute atomic E-state index is 0. The Kier molecular flexibility index (Phi) is 11.6. The van der Waals surface area contributed by atoms with Gasteiger partial charge in [0.15, 0.2) is 0 Å². The summed E-state index contributed by atoms with van der Waals surface area (Å²) in [6.45, 7) is 4.00. The Labute approximate surface area is 101 Å². The van der Waals surface area contributed by atoms with Gasteiger partial charge in [0.2, 0.25) is 0 Å². The Balaban J connectivity index is 0. The van der Waals surface area contributed by atoms with E-state index in [4.69, 9.17) is 5.11 Å². The smallest absolute Gasteiger partial charge is 0.306 e. The third-order valence-corrected chi connectivity index (χ3v) is 1.75. The number of unbranched alkanes of at least 4 members (excludes halogenated alkanes) is 1. The summed E-state index contributed by atoms with van der Waals surface area (Å²) in [7, 11) is 0. The average molecular weight is 288 g/mol. The van der Waals surface area contributed by atoms with Crippen molar-refractivity contribution in [2.75, 3.05) is 0 Å². The van der Waals surface area contributed by atoms with Crippen molar-refractivity contribution in [2.24, 2.45) is 5.92 Å². The summed E-state index contributed by atoms with van der Waals surface area (Å²) < 4.78 is 0. The molecule has 64 valence electrons. The second-order valence-corrected chi connectivity index (χ2v) is 2.59. The maximum absolute atomic E-state index is 10.4. The molecule has 0 saturated carbocycles. The van der Waals surface area contributed by atoms with Crippen molar-refractivity contribution in [2.45, 2.75) is 39.5 Å². The van der Waals surface area contributed by atoms with Crippen LogP contribution in [0.1, 0.15) is 39.5 Å². The van der Waals surface area contributed by atoms with Crippen LogP contribution in [0.15, 0.2) is 0 Å². The number of carboxylic acids is 1. The van der Waals surface area contributed by atoms with Gasteiger partial charge in [0.25, 0.3) is 0 Å². The first kappa shape index (κ1) is 14.4. The van der Waals surface area contributed by atoms with Gasteiger partial charge in [0, 0.05) is 40.8 Å². The van der Waals surface area contributed by atoms with Crippen LogP contribution in [0.5, 0.6) is 0 Å². The molecule has 0 rings (SSSR count). The van der Waals surface area contributed by atoms with Gasteiger partial charge in [-0.15, -0.1) is 0 Å². The third-order valence-electron chi connectivity index (χ3n) is 1.75. The minimum Gasteiger partial charge on any atom is -0.481 e. The summed E-state index contributed by atoms with van der Waals surface area (Å²) in [4.78, 5) is 10.4. The predicted octanol–water partition coefficient (Wildman–Crippen LogP) is 2.29. The molecule has 0 aliphatic rings. The molecule has 3 heteroatoms. The van der Waals surface area contributed by atoms with E-state index in [0.29, 0.717) is 0 Å². The van der Waals surface area contributed by atoms with Crippen LogP contribution < -0.4 is 0 Å². The SMILES string of the molecule is CCCCC(CC)C(=O)O.[Nd]. The Morgan fingerprint density at radius 3 is 2.27 bits per heavy atom. The molecular formula is C8H16NdO2. The monoisotopic (exact) mass is 286 g/mol. The van der Waals surface area contributed by atoms with E-state index in [0.717, 1.165) is 25.7 Å². The van der Waals surface area contributed by atoms with Crippen LogP contribution in [0.4, 0.5) is 0 Å². The third kappa shape index (κ3) is 7.19. The van der Waals surface area contributed by atoms with Crippen molar-refractivity contribution >= 4 is 5.97 Å². The van der Waals surface area contributed by atoms with E-state index in [1.165, 1.54) is 0 Å². The number of aliphatic carboxylic acids is 1. The van der Waals surface area contributed by atoms with Gasteiger partial charge in [-0.1, -0.05) is 26.7 Å². The molecular weight excluding hydrogens is 272 g/mol. The molecule has 0 heterocycles. The van der Waals surface area contributed by atoms with E-state index < -0.39 is 5.97 Å². The van der Waals surface area contributed by atoms with E-state index in [9.17, 15) is 4.79 Å². The van der Waals surface area contributed by atoms with Crippen LogP contribution in [0.3, 0.4) is 0 Å². The topological polar surface area (TPSA) is 37.3 Å². The minimum atomic E-state index is -0.643. The maximum atomic E-state index is 10.4. The number of carboxylic acid groups (broad SMARTS) is 1. The van der Waals surface area contributed by atoms with E-state index >= 15 is 0 Å². The molecule has 2 nitrogen and oxygen atoms in total. The van der Waals surface area contributed by atoms with Crippen molar-refractivity contribution in [1.29, 1.82) is 0 Å². The standard InChI is InChI=1S/C8H16O2.Nd/c1-3-5-6-7(4-2)8(9)10;/h7H,3-6H2,1-2H3,(H,9,10);. The molecule has 0 amide bonds. The van der Waals surface area contributed by atoms with Gasteiger partial charge < -0.3 is 5.11 Å². The Morgan fingerprint density at radius 1 is 1.45 bits per heavy atom. The molecule has 0 aliphatic heterocycles. The molecule has 0 aliphatic carbocycles. The van der Waals surface area contributed by atoms with Gasteiger partial charge in [-0.2, -0.15) is 0 Å². The quantitative estimate of drug-likeness (QED) is 0.843. The molecule has 1 atom stereocenters. The van der Waals surface area contributed by atoms with Crippen molar-refractivity contribution in [1.82, 2.24) is 0 Å². The zero-order valence-corrected chi connectivity index (χ0v) is 10.5. The fraction of sp³-hybridized carbons (Fsp3) is 0.875. The molecule has 11 heavy (non-hydrogen) atoms. The molecule has 0 bridgehead atoms. The van der Waals surface area contributed by atoms with Gasteiger partial charge >= 0.3 is 5.97 Å². The van der Waals surface area contributed by atoms with E-state index in [2.05, 4.69) is 6.92 Å². The van der Waals surface area contributed by atoms with E-state index in [-0.39, 0.29) is 46.8 Å². The van der Waals surface area contributed by atoms with Gasteiger partial charge in [0.1, 0.15) is 0 Å². The first-order chi connectivity index (χ1) is 4.72. The summed E-state index contributed by atoms with van der Waals surface area (Å²) in [5.41, 5.74) is 0. The van der Waals surface area contributed by atoms with Crippen molar-refractivity contribution in [3.8, 4) is 0 Å². The van der Waals surface area contributed by atoms with Gasteiger partial charge in [-0.3, -0.25) is 4.79 Å². The fourth-order valence-corrected chi connectivity index (χ4v) is 0.953. The first-order valence-electron chi connectivity index (χ1n) is 3.95. The van der Waals surface area contributed by atoms with Crippen LogP contribution in [0.2, 0.25) is 0 Å². The van der Waals surface area contributed by atoms with Crippen molar-refractivity contribution in [3.05, 3.63) is 0 Å². The number of rotatable bonds is 5. The summed E-state index contributed by atoms with van der Waals surface area (Å²) in [6.07, 6.45) is 3.71. The summed E-state index contributed by atoms with van der Waals surface area (Å²) in [6, 6.07) is 0. The van der Waals surface area contributed by atoms with Gasteiger partial charge in [-0.05, 0) is 12.8 Å². The molecule has 0 radical (unpaired) electrons. The van der Waals surface area contributed by atoms with Crippen molar-refractivity contribution < 1.29 is 50.7 Å². The normalized spacial score (nSPS) is 11.8. The molecule has 0 fully saturated rings. The molecule has 0 saturated heterocycles. The Hall–Kier alpha value is 0.821. The molecule has 0 aromatic rings. The second kappa shape index (κ2) is 8.91. The maximum Gasteiger partial charge on any atom is 0.306 e. The van der Waals surface area contributed by atoms with E-state index in [1.807, 2.05) is 6.92 Å². The average Bonchev–Trinajstić information content (AvgIpc) is 1.89. The van der Waals surface area contributed by atoms with Crippen LogP contribution in [0, 0.1) is 46.8 Å². The molecule has 0 aromatic heterocycles. The van der Waals surface area contributed by atoms with Crippen LogP contribution in [-0.2, 0) is 4.79 Å². The van der Waals surface area contributed by atoms with Crippen molar-refractivity contribution in [3.63, 3.8) is 0 Å². The fourth-order valence-electron chi connectivity index (χ4n) is 0.953. The molecule has 0 spiro atoms. The van der Waals surface area contributed by atoms with Gasteiger partial charge in [-0.25, -0.2) is 0 Å². The first-order valence-corrected chi connectivity index (χ1v) is 3.95. The summed E-state index contributed by atoms with van der Waals surface area (Å²) in [5.74, 6) is -0.754. The largest absolute Gasteiger partial charge is 0.481 e. The molecule has 0 aromatic carbocycles. The Bertz CT molecular complexity index is 104. The van der Waals surface area contributed by atoms with Crippen LogP contribution in [0.25, 0.3) is 0 Å². The number of carbonyl (C=O) groups is 1. The van der Waals surface area contributed by atoms with Gasteiger partial charge in [0.05, 0.1) is 5.92 Å². The van der Waals surface area contributed by atoms with Crippen LogP contribution in [-0.4, -0.2) is 11.1 Å². The second-order valence-electron chi connectivity index (χ2n) is 2.59. The zero-order valence-electron chi connectivity index (χ0n) is 7.26. The summed E-state index contributed by atoms with van der Waals surface area (Å²) >= 11 is 0. The molecule has 1 N–H and O–H groups in total. The Morgan fingerprint density at radius 2 is 2.00 bits per heavy atom. The predicted molar refractivity (Wildman–Crippen MR) is 40.9 cm³/mol. The molecule has 1 unspecified atom stereocenters. The number of hydrogen-bond donors (Lipinski definition) is 1. The van der Waals surface area contributed by atoms with Crippen LogP contribution >= 0.6 is 0 Å². The summed E-state index contributed by atoms with van der Waals surface area (Å²) in [5, 5.41) is 8.60. The zero-order chi connectivity index (χ0) is 7.98.